The minimum atomic E-state index is -4.57. The van der Waals surface area contributed by atoms with Gasteiger partial charge in [0, 0.05) is 29.3 Å². The zero-order valence-electron chi connectivity index (χ0n) is 22.1. The highest BCUT2D eigenvalue weighted by Gasteiger charge is 2.31. The maximum Gasteiger partial charge on any atom is 0.416 e. The van der Waals surface area contributed by atoms with Crippen LogP contribution >= 0.6 is 0 Å². The second kappa shape index (κ2) is 11.9. The first-order valence-electron chi connectivity index (χ1n) is 12.1. The predicted octanol–water partition coefficient (Wildman–Crippen LogP) is 5.29. The highest BCUT2D eigenvalue weighted by Crippen LogP contribution is 2.34. The van der Waals surface area contributed by atoms with Gasteiger partial charge in [-0.1, -0.05) is 11.6 Å². The van der Waals surface area contributed by atoms with Crippen LogP contribution in [0.25, 0.3) is 11.3 Å². The van der Waals surface area contributed by atoms with Crippen molar-refractivity contribution in [2.24, 2.45) is 5.73 Å². The van der Waals surface area contributed by atoms with Crippen LogP contribution in [0.5, 0.6) is 0 Å². The molecular formula is C27H25F4N9O. The average Bonchev–Trinajstić information content (AvgIpc) is 3.37. The summed E-state index contributed by atoms with van der Waals surface area (Å²) in [5.74, 6) is -1.46. The van der Waals surface area contributed by atoms with Gasteiger partial charge in [0.15, 0.2) is 5.82 Å². The number of nitrogens with one attached hydrogen (secondary N) is 3. The summed E-state index contributed by atoms with van der Waals surface area (Å²) >= 11 is 0. The van der Waals surface area contributed by atoms with Gasteiger partial charge < -0.3 is 15.6 Å². The van der Waals surface area contributed by atoms with Gasteiger partial charge in [0.05, 0.1) is 35.7 Å². The number of nitrogens with two attached hydrogens (primary N) is 1. The van der Waals surface area contributed by atoms with E-state index in [1.807, 2.05) is 13.8 Å². The number of anilines is 3. The number of allylic oxidation sites excluding steroid dienone is 3. The molecule has 0 saturated carbocycles. The number of pyridine rings is 1. The number of benzene rings is 1. The van der Waals surface area contributed by atoms with Gasteiger partial charge >= 0.3 is 6.18 Å². The lowest BCUT2D eigenvalue weighted by Gasteiger charge is -2.14. The number of carbonyl (C=O) groups excluding carboxylic acids is 1. The zero-order valence-corrected chi connectivity index (χ0v) is 22.1. The summed E-state index contributed by atoms with van der Waals surface area (Å²) < 4.78 is 56.4. The molecule has 0 aliphatic carbocycles. The Morgan fingerprint density at radius 1 is 1.05 bits per heavy atom. The number of hydrogen-bond acceptors (Lipinski definition) is 8. The molecule has 14 heteroatoms. The molecule has 41 heavy (non-hydrogen) atoms. The predicted molar refractivity (Wildman–Crippen MR) is 145 cm³/mol. The first-order chi connectivity index (χ1) is 19.4. The Hall–Kier alpha value is -5.27. The Morgan fingerprint density at radius 3 is 2.44 bits per heavy atom. The van der Waals surface area contributed by atoms with Gasteiger partial charge in [0.2, 0.25) is 5.95 Å². The van der Waals surface area contributed by atoms with Gasteiger partial charge in [-0.15, -0.1) is 0 Å². The second-order valence-electron chi connectivity index (χ2n) is 9.06. The first-order valence-corrected chi connectivity index (χ1v) is 12.1. The van der Waals surface area contributed by atoms with Crippen molar-refractivity contribution in [3.8, 4) is 5.69 Å². The molecule has 4 aromatic rings. The number of alkyl halides is 3. The lowest BCUT2D eigenvalue weighted by Crippen LogP contribution is -2.31. The van der Waals surface area contributed by atoms with Crippen LogP contribution in [0.1, 0.15) is 41.3 Å². The van der Waals surface area contributed by atoms with Gasteiger partial charge in [-0.05, 0) is 51.1 Å². The number of aryl methyl sites for hydroxylation is 1. The Morgan fingerprint density at radius 2 is 1.83 bits per heavy atom. The summed E-state index contributed by atoms with van der Waals surface area (Å²) in [4.78, 5) is 28.6. The van der Waals surface area contributed by atoms with Crippen LogP contribution in [0.15, 0.2) is 73.1 Å². The molecule has 0 saturated heterocycles. The lowest BCUT2D eigenvalue weighted by molar-refractivity contribution is -0.137. The maximum absolute atomic E-state index is 14.3. The number of rotatable bonds is 8. The van der Waals surface area contributed by atoms with Crippen molar-refractivity contribution in [2.45, 2.75) is 26.9 Å². The summed E-state index contributed by atoms with van der Waals surface area (Å²) in [6.07, 6.45) is 3.54. The van der Waals surface area contributed by atoms with Gasteiger partial charge in [0.1, 0.15) is 11.4 Å². The second-order valence-corrected chi connectivity index (χ2v) is 9.06. The molecule has 0 bridgehead atoms. The molecule has 1 amide bonds. The van der Waals surface area contributed by atoms with Crippen LogP contribution in [0.2, 0.25) is 0 Å². The average molecular weight is 568 g/mol. The van der Waals surface area contributed by atoms with E-state index in [0.29, 0.717) is 17.0 Å². The molecule has 0 unspecified atom stereocenters. The van der Waals surface area contributed by atoms with E-state index < -0.39 is 23.5 Å². The number of carbonyl (C=O) groups is 1. The molecule has 212 valence electrons. The minimum absolute atomic E-state index is 0.0175. The van der Waals surface area contributed by atoms with E-state index in [-0.39, 0.29) is 28.7 Å². The van der Waals surface area contributed by atoms with E-state index in [1.165, 1.54) is 41.5 Å². The van der Waals surface area contributed by atoms with E-state index in [4.69, 9.17) is 5.73 Å². The Bertz CT molecular complexity index is 1620. The fourth-order valence-electron chi connectivity index (χ4n) is 3.64. The van der Waals surface area contributed by atoms with Crippen LogP contribution in [-0.4, -0.2) is 30.4 Å². The van der Waals surface area contributed by atoms with E-state index in [9.17, 15) is 22.4 Å². The molecule has 3 aromatic heterocycles. The Kier molecular flexibility index (Phi) is 8.31. The molecule has 0 spiro atoms. The van der Waals surface area contributed by atoms with Crippen LogP contribution in [0.3, 0.4) is 0 Å². The summed E-state index contributed by atoms with van der Waals surface area (Å²) in [5, 5.41) is 2.88. The molecule has 0 aliphatic heterocycles. The summed E-state index contributed by atoms with van der Waals surface area (Å²) in [7, 11) is 0. The Labute approximate surface area is 232 Å². The Balaban J connectivity index is 1.47. The number of imidazole rings is 1. The van der Waals surface area contributed by atoms with Crippen molar-refractivity contribution < 1.29 is 22.4 Å². The van der Waals surface area contributed by atoms with Crippen molar-refractivity contribution >= 4 is 28.8 Å². The normalized spacial score (nSPS) is 11.6. The van der Waals surface area contributed by atoms with E-state index in [0.717, 1.165) is 23.9 Å². The van der Waals surface area contributed by atoms with Gasteiger partial charge in [-0.2, -0.15) is 13.2 Å². The zero-order chi connectivity index (χ0) is 29.7. The highest BCUT2D eigenvalue weighted by atomic mass is 19.4. The van der Waals surface area contributed by atoms with Crippen LogP contribution in [0.4, 0.5) is 34.9 Å². The lowest BCUT2D eigenvalue weighted by atomic mass is 10.1. The fourth-order valence-corrected chi connectivity index (χ4v) is 3.64. The molecule has 0 atom stereocenters. The maximum atomic E-state index is 14.3. The van der Waals surface area contributed by atoms with Crippen LogP contribution in [-0.2, 0) is 6.18 Å². The summed E-state index contributed by atoms with van der Waals surface area (Å²) in [5.41, 5.74) is 12.1. The summed E-state index contributed by atoms with van der Waals surface area (Å²) in [6, 6.07) is 6.37. The molecule has 3 heterocycles. The molecule has 5 N–H and O–H groups in total. The van der Waals surface area contributed by atoms with Crippen molar-refractivity contribution in [1.29, 1.82) is 0 Å². The van der Waals surface area contributed by atoms with Crippen molar-refractivity contribution in [3.63, 3.8) is 0 Å². The molecule has 0 radical (unpaired) electrons. The minimum Gasteiger partial charge on any atom is -0.404 e. The quantitative estimate of drug-likeness (QED) is 0.128. The van der Waals surface area contributed by atoms with Crippen molar-refractivity contribution in [2.75, 3.05) is 10.7 Å². The number of halogens is 4. The van der Waals surface area contributed by atoms with E-state index in [2.05, 4.69) is 36.1 Å². The molecule has 4 rings (SSSR count). The first kappa shape index (κ1) is 28.7. The third-order valence-electron chi connectivity index (χ3n) is 5.47. The van der Waals surface area contributed by atoms with Gasteiger partial charge in [-0.25, -0.2) is 24.3 Å². The third-order valence-corrected chi connectivity index (χ3v) is 5.47. The summed E-state index contributed by atoms with van der Waals surface area (Å²) in [6.45, 7) is 5.36. The largest absolute Gasteiger partial charge is 0.416 e. The third kappa shape index (κ3) is 7.23. The topological polar surface area (TPSA) is 136 Å². The SMILES string of the molecule is CC(C)=C/C(=C\N)c1nc(NNC(=O)c2ccc(Nc3cc(-n4cnc(C)c4)cc(C(F)(F)F)c3)cn2)ncc1F. The highest BCUT2D eigenvalue weighted by molar-refractivity contribution is 5.93. The van der Waals surface area contributed by atoms with Gasteiger partial charge in [0.25, 0.3) is 5.91 Å². The molecule has 1 aromatic carbocycles. The number of hydrazine groups is 1. The molecular weight excluding hydrogens is 542 g/mol. The smallest absolute Gasteiger partial charge is 0.404 e. The van der Waals surface area contributed by atoms with Crippen LogP contribution < -0.4 is 21.9 Å². The van der Waals surface area contributed by atoms with Crippen molar-refractivity contribution in [3.05, 3.63) is 102 Å². The molecule has 0 fully saturated rings. The van der Waals surface area contributed by atoms with Gasteiger partial charge in [-0.3, -0.25) is 15.6 Å². The molecule has 10 nitrogen and oxygen atoms in total. The van der Waals surface area contributed by atoms with E-state index >= 15 is 0 Å². The number of aromatic nitrogens is 5. The molecule has 0 aliphatic rings. The standard InChI is InChI=1S/C27H25F4N9O/c1-15(2)6-17(10-32)24-22(28)12-34-26(37-24)39-38-25(41)23-5-4-19(11-33-23)36-20-7-18(27(29,30)31)8-21(9-20)40-13-16(3)35-14-40/h4-14,36H,32H2,1-3H3,(H,38,41)(H,34,37,39)/b17-10+. The number of nitrogens with zero attached hydrogens (tertiary/aromatic N) is 5. The fraction of sp³-hybridized carbons (Fsp3) is 0.148. The van der Waals surface area contributed by atoms with Crippen LogP contribution in [0, 0.1) is 12.7 Å². The van der Waals surface area contributed by atoms with Crippen molar-refractivity contribution in [1.82, 2.24) is 29.9 Å². The van der Waals surface area contributed by atoms with E-state index in [1.54, 1.807) is 19.2 Å². The number of hydrogen-bond donors (Lipinski definition) is 4. The monoisotopic (exact) mass is 567 g/mol. The number of amides is 1.